The first-order chi connectivity index (χ1) is 10.7. The van der Waals surface area contributed by atoms with Gasteiger partial charge in [0.2, 0.25) is 0 Å². The molecular formula is C19H16O2S. The Bertz CT molecular complexity index is 786. The average molecular weight is 308 g/mol. The van der Waals surface area contributed by atoms with Gasteiger partial charge in [-0.15, -0.1) is 0 Å². The maximum absolute atomic E-state index is 12.7. The molecule has 3 rings (SSSR count). The summed E-state index contributed by atoms with van der Waals surface area (Å²) in [6.07, 6.45) is 1.92. The van der Waals surface area contributed by atoms with Crippen molar-refractivity contribution in [1.82, 2.24) is 0 Å². The Morgan fingerprint density at radius 3 is 2.32 bits per heavy atom. The van der Waals surface area contributed by atoms with E-state index in [-0.39, 0.29) is 5.78 Å². The zero-order valence-electron chi connectivity index (χ0n) is 12.5. The molecule has 3 heteroatoms. The van der Waals surface area contributed by atoms with Gasteiger partial charge in [0.1, 0.15) is 5.76 Å². The largest absolute Gasteiger partial charge is 0.449 e. The van der Waals surface area contributed by atoms with Crippen molar-refractivity contribution in [3.8, 4) is 11.3 Å². The SMILES string of the molecule is CSc1oc(-c2ccccc2)cc1C(=O)c1ccc(C)cc1. The highest BCUT2D eigenvalue weighted by Gasteiger charge is 2.19. The van der Waals surface area contributed by atoms with E-state index in [2.05, 4.69) is 0 Å². The Morgan fingerprint density at radius 2 is 1.68 bits per heavy atom. The number of aryl methyl sites for hydroxylation is 1. The Morgan fingerprint density at radius 1 is 1.00 bits per heavy atom. The van der Waals surface area contributed by atoms with E-state index in [1.807, 2.05) is 73.8 Å². The molecule has 0 spiro atoms. The molecule has 3 aromatic rings. The van der Waals surface area contributed by atoms with Crippen LogP contribution in [0.4, 0.5) is 0 Å². The van der Waals surface area contributed by atoms with Crippen LogP contribution in [0.15, 0.2) is 70.2 Å². The third-order valence-electron chi connectivity index (χ3n) is 3.50. The monoisotopic (exact) mass is 308 g/mol. The number of hydrogen-bond acceptors (Lipinski definition) is 3. The van der Waals surface area contributed by atoms with Crippen molar-refractivity contribution in [1.29, 1.82) is 0 Å². The predicted octanol–water partition coefficient (Wildman–Crippen LogP) is 5.21. The van der Waals surface area contributed by atoms with Gasteiger partial charge in [0.05, 0.1) is 5.56 Å². The van der Waals surface area contributed by atoms with Gasteiger partial charge in [-0.05, 0) is 19.2 Å². The first kappa shape index (κ1) is 14.7. The minimum absolute atomic E-state index is 0.00437. The quantitative estimate of drug-likeness (QED) is 0.489. The molecule has 1 aromatic heterocycles. The summed E-state index contributed by atoms with van der Waals surface area (Å²) in [5.74, 6) is 0.718. The van der Waals surface area contributed by atoms with E-state index in [1.54, 1.807) is 0 Å². The number of ketones is 1. The standard InChI is InChI=1S/C19H16O2S/c1-13-8-10-15(11-9-13)18(20)16-12-17(21-19(16)22-2)14-6-4-3-5-7-14/h3-12H,1-2H3. The lowest BCUT2D eigenvalue weighted by Crippen LogP contribution is -2.00. The molecule has 0 saturated heterocycles. The van der Waals surface area contributed by atoms with Gasteiger partial charge in [-0.1, -0.05) is 71.9 Å². The smallest absolute Gasteiger partial charge is 0.197 e. The van der Waals surface area contributed by atoms with Crippen LogP contribution in [0.5, 0.6) is 0 Å². The van der Waals surface area contributed by atoms with Crippen LogP contribution in [-0.4, -0.2) is 12.0 Å². The molecule has 0 bridgehead atoms. The molecule has 1 heterocycles. The molecule has 2 aromatic carbocycles. The molecule has 0 aliphatic heterocycles. The van der Waals surface area contributed by atoms with Crippen LogP contribution in [0.1, 0.15) is 21.5 Å². The fourth-order valence-electron chi connectivity index (χ4n) is 2.29. The summed E-state index contributed by atoms with van der Waals surface area (Å²) in [7, 11) is 0. The van der Waals surface area contributed by atoms with Gasteiger partial charge >= 0.3 is 0 Å². The highest BCUT2D eigenvalue weighted by atomic mass is 32.2. The highest BCUT2D eigenvalue weighted by Crippen LogP contribution is 2.32. The normalized spacial score (nSPS) is 10.6. The minimum atomic E-state index is -0.00437. The number of carbonyl (C=O) groups excluding carboxylic acids is 1. The molecule has 0 radical (unpaired) electrons. The van der Waals surface area contributed by atoms with Gasteiger partial charge in [0, 0.05) is 11.1 Å². The van der Waals surface area contributed by atoms with Gasteiger partial charge in [-0.2, -0.15) is 0 Å². The number of benzene rings is 2. The summed E-state index contributed by atoms with van der Waals surface area (Å²) < 4.78 is 5.86. The maximum Gasteiger partial charge on any atom is 0.197 e. The zero-order valence-corrected chi connectivity index (χ0v) is 13.3. The maximum atomic E-state index is 12.7. The molecule has 22 heavy (non-hydrogen) atoms. The van der Waals surface area contributed by atoms with Crippen molar-refractivity contribution in [2.75, 3.05) is 6.26 Å². The van der Waals surface area contributed by atoms with E-state index in [0.29, 0.717) is 16.2 Å². The summed E-state index contributed by atoms with van der Waals surface area (Å²) >= 11 is 1.45. The summed E-state index contributed by atoms with van der Waals surface area (Å²) in [6, 6.07) is 19.3. The van der Waals surface area contributed by atoms with E-state index in [4.69, 9.17) is 4.42 Å². The van der Waals surface area contributed by atoms with Crippen molar-refractivity contribution in [3.05, 3.63) is 77.4 Å². The second-order valence-electron chi connectivity index (χ2n) is 5.08. The molecule has 0 saturated carbocycles. The van der Waals surface area contributed by atoms with Gasteiger partial charge in [0.25, 0.3) is 0 Å². The van der Waals surface area contributed by atoms with Crippen LogP contribution in [0.2, 0.25) is 0 Å². The van der Waals surface area contributed by atoms with Crippen molar-refractivity contribution in [2.45, 2.75) is 12.0 Å². The lowest BCUT2D eigenvalue weighted by atomic mass is 10.0. The molecular weight excluding hydrogens is 292 g/mol. The van der Waals surface area contributed by atoms with Crippen molar-refractivity contribution in [3.63, 3.8) is 0 Å². The molecule has 0 fully saturated rings. The van der Waals surface area contributed by atoms with Crippen LogP contribution in [0.3, 0.4) is 0 Å². The minimum Gasteiger partial charge on any atom is -0.449 e. The van der Waals surface area contributed by atoms with Crippen LogP contribution in [0.25, 0.3) is 11.3 Å². The summed E-state index contributed by atoms with van der Waals surface area (Å²) in [5.41, 5.74) is 3.41. The predicted molar refractivity (Wildman–Crippen MR) is 90.5 cm³/mol. The Kier molecular flexibility index (Phi) is 4.16. The number of hydrogen-bond donors (Lipinski definition) is 0. The van der Waals surface area contributed by atoms with Gasteiger partial charge in [-0.25, -0.2) is 0 Å². The topological polar surface area (TPSA) is 30.2 Å². The van der Waals surface area contributed by atoms with Crippen molar-refractivity contribution < 1.29 is 9.21 Å². The third-order valence-corrected chi connectivity index (χ3v) is 4.17. The van der Waals surface area contributed by atoms with Crippen LogP contribution < -0.4 is 0 Å². The number of furan rings is 1. The second-order valence-corrected chi connectivity index (χ2v) is 5.86. The number of carbonyl (C=O) groups is 1. The van der Waals surface area contributed by atoms with Crippen molar-refractivity contribution >= 4 is 17.5 Å². The van der Waals surface area contributed by atoms with E-state index >= 15 is 0 Å². The molecule has 110 valence electrons. The molecule has 0 unspecified atom stereocenters. The third kappa shape index (κ3) is 2.85. The molecule has 0 aliphatic rings. The first-order valence-corrected chi connectivity index (χ1v) is 8.26. The van der Waals surface area contributed by atoms with Gasteiger partial charge in [-0.3, -0.25) is 4.79 Å². The van der Waals surface area contributed by atoms with Gasteiger partial charge in [0.15, 0.2) is 10.9 Å². The summed E-state index contributed by atoms with van der Waals surface area (Å²) in [4.78, 5) is 12.7. The van der Waals surface area contributed by atoms with E-state index < -0.39 is 0 Å². The van der Waals surface area contributed by atoms with Crippen LogP contribution in [-0.2, 0) is 0 Å². The van der Waals surface area contributed by atoms with E-state index in [9.17, 15) is 4.79 Å². The first-order valence-electron chi connectivity index (χ1n) is 7.03. The fourth-order valence-corrected chi connectivity index (χ4v) is 2.83. The van der Waals surface area contributed by atoms with Crippen LogP contribution in [0, 0.1) is 6.92 Å². The Labute approximate surface area is 134 Å². The highest BCUT2D eigenvalue weighted by molar-refractivity contribution is 7.98. The van der Waals surface area contributed by atoms with E-state index in [0.717, 1.165) is 16.9 Å². The second kappa shape index (κ2) is 6.24. The summed E-state index contributed by atoms with van der Waals surface area (Å²) in [5, 5.41) is 0.657. The molecule has 0 atom stereocenters. The molecule has 0 amide bonds. The number of rotatable bonds is 4. The Hall–Kier alpha value is -2.26. The number of thioether (sulfide) groups is 1. The fraction of sp³-hybridized carbons (Fsp3) is 0.105. The lowest BCUT2D eigenvalue weighted by Gasteiger charge is -2.00. The molecule has 0 N–H and O–H groups in total. The van der Waals surface area contributed by atoms with Crippen molar-refractivity contribution in [2.24, 2.45) is 0 Å². The van der Waals surface area contributed by atoms with Crippen LogP contribution >= 0.6 is 11.8 Å². The van der Waals surface area contributed by atoms with Gasteiger partial charge < -0.3 is 4.42 Å². The van der Waals surface area contributed by atoms with E-state index in [1.165, 1.54) is 11.8 Å². The summed E-state index contributed by atoms with van der Waals surface area (Å²) in [6.45, 7) is 2.01. The molecule has 2 nitrogen and oxygen atoms in total. The molecule has 0 aliphatic carbocycles. The Balaban J connectivity index is 2.01. The zero-order chi connectivity index (χ0) is 15.5. The lowest BCUT2D eigenvalue weighted by molar-refractivity contribution is 0.103. The average Bonchev–Trinajstić information content (AvgIpc) is 3.00.